The molecule has 1 aromatic heterocycles. The van der Waals surface area contributed by atoms with Gasteiger partial charge in [-0.2, -0.15) is 0 Å². The number of ether oxygens (including phenoxy) is 2. The van der Waals surface area contributed by atoms with Crippen molar-refractivity contribution in [2.24, 2.45) is 0 Å². The molecule has 0 saturated heterocycles. The number of carbonyl (C=O) groups excluding carboxylic acids is 1. The molecule has 3 rings (SSSR count). The Labute approximate surface area is 163 Å². The van der Waals surface area contributed by atoms with Gasteiger partial charge in [0, 0.05) is 24.4 Å². The van der Waals surface area contributed by atoms with Crippen LogP contribution < -0.4 is 20.1 Å². The summed E-state index contributed by atoms with van der Waals surface area (Å²) < 4.78 is 10.4. The Morgan fingerprint density at radius 3 is 2.50 bits per heavy atom. The minimum atomic E-state index is -0.313. The van der Waals surface area contributed by atoms with E-state index in [-0.39, 0.29) is 11.6 Å². The number of nitrogens with one attached hydrogen (secondary N) is 2. The van der Waals surface area contributed by atoms with E-state index in [1.165, 1.54) is 6.33 Å². The van der Waals surface area contributed by atoms with Crippen LogP contribution in [0.3, 0.4) is 0 Å². The Bertz CT molecular complexity index is 946. The second-order valence-corrected chi connectivity index (χ2v) is 6.00. The van der Waals surface area contributed by atoms with E-state index >= 15 is 0 Å². The zero-order chi connectivity index (χ0) is 19.8. The summed E-state index contributed by atoms with van der Waals surface area (Å²) in [4.78, 5) is 20.7. The van der Waals surface area contributed by atoms with Crippen molar-refractivity contribution < 1.29 is 14.3 Å². The molecule has 0 aliphatic rings. The average Bonchev–Trinajstić information content (AvgIpc) is 2.74. The van der Waals surface area contributed by atoms with E-state index in [1.54, 1.807) is 38.5 Å². The number of hydrogen-bond donors (Lipinski definition) is 2. The molecule has 0 saturated carbocycles. The maximum Gasteiger partial charge on any atom is 0.274 e. The van der Waals surface area contributed by atoms with Gasteiger partial charge in [0.15, 0.2) is 0 Å². The first kappa shape index (κ1) is 19.2. The molecule has 0 radical (unpaired) electrons. The molecule has 7 heteroatoms. The molecule has 0 aliphatic carbocycles. The van der Waals surface area contributed by atoms with Gasteiger partial charge in [-0.25, -0.2) is 9.97 Å². The maximum absolute atomic E-state index is 12.4. The lowest BCUT2D eigenvalue weighted by molar-refractivity contribution is 0.102. The van der Waals surface area contributed by atoms with Crippen LogP contribution in [0.1, 0.15) is 16.1 Å². The summed E-state index contributed by atoms with van der Waals surface area (Å²) in [6.07, 6.45) is 2.17. The first-order valence-electron chi connectivity index (χ1n) is 8.82. The summed E-state index contributed by atoms with van der Waals surface area (Å²) in [6.45, 7) is 0.668. The van der Waals surface area contributed by atoms with Gasteiger partial charge in [-0.3, -0.25) is 4.79 Å². The molecular formula is C21H22N4O3. The highest BCUT2D eigenvalue weighted by molar-refractivity contribution is 6.03. The summed E-state index contributed by atoms with van der Waals surface area (Å²) in [5.41, 5.74) is 2.06. The van der Waals surface area contributed by atoms with Crippen LogP contribution in [0, 0.1) is 0 Å². The fourth-order valence-corrected chi connectivity index (χ4v) is 2.64. The zero-order valence-corrected chi connectivity index (χ0v) is 15.8. The van der Waals surface area contributed by atoms with E-state index in [1.807, 2.05) is 30.3 Å². The zero-order valence-electron chi connectivity index (χ0n) is 15.8. The Morgan fingerprint density at radius 2 is 1.71 bits per heavy atom. The third kappa shape index (κ3) is 5.20. The van der Waals surface area contributed by atoms with Crippen molar-refractivity contribution in [3.8, 4) is 11.5 Å². The Morgan fingerprint density at radius 1 is 0.964 bits per heavy atom. The SMILES string of the molecule is COc1cccc(CCNc2cc(C(=O)Nc3cccc(OC)c3)ncn2)c1. The fourth-order valence-electron chi connectivity index (χ4n) is 2.64. The van der Waals surface area contributed by atoms with Crippen LogP contribution in [0.15, 0.2) is 60.9 Å². The van der Waals surface area contributed by atoms with Crippen LogP contribution in [0.2, 0.25) is 0 Å². The van der Waals surface area contributed by atoms with Crippen molar-refractivity contribution in [2.75, 3.05) is 31.4 Å². The lowest BCUT2D eigenvalue weighted by Gasteiger charge is -2.09. The van der Waals surface area contributed by atoms with E-state index in [9.17, 15) is 4.79 Å². The summed E-state index contributed by atoms with van der Waals surface area (Å²) in [5.74, 6) is 1.77. The normalized spacial score (nSPS) is 10.2. The van der Waals surface area contributed by atoms with Gasteiger partial charge >= 0.3 is 0 Å². The number of rotatable bonds is 8. The van der Waals surface area contributed by atoms with Gasteiger partial charge in [-0.15, -0.1) is 0 Å². The number of carbonyl (C=O) groups is 1. The number of nitrogens with zero attached hydrogens (tertiary/aromatic N) is 2. The maximum atomic E-state index is 12.4. The van der Waals surface area contributed by atoms with Gasteiger partial charge in [0.25, 0.3) is 5.91 Å². The van der Waals surface area contributed by atoms with Crippen molar-refractivity contribution >= 4 is 17.4 Å². The number of amides is 1. The number of anilines is 2. The highest BCUT2D eigenvalue weighted by Gasteiger charge is 2.10. The summed E-state index contributed by atoms with van der Waals surface area (Å²) in [7, 11) is 3.23. The lowest BCUT2D eigenvalue weighted by Crippen LogP contribution is -2.15. The van der Waals surface area contributed by atoms with Gasteiger partial charge < -0.3 is 20.1 Å². The van der Waals surface area contributed by atoms with Gasteiger partial charge in [-0.1, -0.05) is 18.2 Å². The highest BCUT2D eigenvalue weighted by Crippen LogP contribution is 2.18. The molecule has 1 amide bonds. The van der Waals surface area contributed by atoms with Crippen LogP contribution in [0.25, 0.3) is 0 Å². The molecule has 0 bridgehead atoms. The van der Waals surface area contributed by atoms with Crippen molar-refractivity contribution in [3.05, 3.63) is 72.2 Å². The van der Waals surface area contributed by atoms with Crippen LogP contribution in [-0.2, 0) is 6.42 Å². The molecule has 0 aliphatic heterocycles. The van der Waals surface area contributed by atoms with Crippen LogP contribution >= 0.6 is 0 Å². The first-order chi connectivity index (χ1) is 13.7. The molecule has 3 aromatic rings. The number of aromatic nitrogens is 2. The summed E-state index contributed by atoms with van der Waals surface area (Å²) in [6, 6.07) is 16.7. The Hall–Kier alpha value is -3.61. The molecule has 7 nitrogen and oxygen atoms in total. The van der Waals surface area contributed by atoms with E-state index < -0.39 is 0 Å². The second kappa shape index (κ2) is 9.36. The topological polar surface area (TPSA) is 85.4 Å². The number of methoxy groups -OCH3 is 2. The Balaban J connectivity index is 1.59. The lowest BCUT2D eigenvalue weighted by atomic mass is 10.1. The molecule has 28 heavy (non-hydrogen) atoms. The number of hydrogen-bond acceptors (Lipinski definition) is 6. The highest BCUT2D eigenvalue weighted by atomic mass is 16.5. The molecule has 0 spiro atoms. The predicted molar refractivity (Wildman–Crippen MR) is 108 cm³/mol. The standard InChI is InChI=1S/C21H22N4O3/c1-27-17-7-3-5-15(11-17)9-10-22-20-13-19(23-14-24-20)21(26)25-16-6-4-8-18(12-16)28-2/h3-8,11-14H,9-10H2,1-2H3,(H,25,26)(H,22,23,24). The molecule has 144 valence electrons. The van der Waals surface area contributed by atoms with Crippen LogP contribution in [0.4, 0.5) is 11.5 Å². The van der Waals surface area contributed by atoms with Crippen molar-refractivity contribution in [3.63, 3.8) is 0 Å². The molecule has 0 atom stereocenters. The second-order valence-electron chi connectivity index (χ2n) is 6.00. The molecule has 0 unspecified atom stereocenters. The molecule has 0 fully saturated rings. The van der Waals surface area contributed by atoms with Crippen molar-refractivity contribution in [2.45, 2.75) is 6.42 Å². The van der Waals surface area contributed by atoms with Gasteiger partial charge in [0.05, 0.1) is 14.2 Å². The quantitative estimate of drug-likeness (QED) is 0.625. The minimum Gasteiger partial charge on any atom is -0.497 e. The van der Waals surface area contributed by atoms with E-state index in [2.05, 4.69) is 20.6 Å². The smallest absolute Gasteiger partial charge is 0.274 e. The van der Waals surface area contributed by atoms with Gasteiger partial charge in [-0.05, 0) is 36.2 Å². The molecule has 2 N–H and O–H groups in total. The predicted octanol–water partition coefficient (Wildman–Crippen LogP) is 3.40. The average molecular weight is 378 g/mol. The summed E-state index contributed by atoms with van der Waals surface area (Å²) in [5, 5.41) is 6.02. The van der Waals surface area contributed by atoms with Gasteiger partial charge in [0.2, 0.25) is 0 Å². The Kier molecular flexibility index (Phi) is 6.41. The monoisotopic (exact) mass is 378 g/mol. The van der Waals surface area contributed by atoms with Gasteiger partial charge in [0.1, 0.15) is 29.3 Å². The first-order valence-corrected chi connectivity index (χ1v) is 8.82. The summed E-state index contributed by atoms with van der Waals surface area (Å²) >= 11 is 0. The van der Waals surface area contributed by atoms with E-state index in [4.69, 9.17) is 9.47 Å². The van der Waals surface area contributed by atoms with Crippen molar-refractivity contribution in [1.29, 1.82) is 0 Å². The largest absolute Gasteiger partial charge is 0.497 e. The van der Waals surface area contributed by atoms with Crippen molar-refractivity contribution in [1.82, 2.24) is 9.97 Å². The number of benzene rings is 2. The third-order valence-corrected chi connectivity index (χ3v) is 4.08. The molecular weight excluding hydrogens is 356 g/mol. The third-order valence-electron chi connectivity index (χ3n) is 4.08. The molecule has 2 aromatic carbocycles. The fraction of sp³-hybridized carbons (Fsp3) is 0.190. The van der Waals surface area contributed by atoms with Crippen LogP contribution in [-0.4, -0.2) is 36.6 Å². The minimum absolute atomic E-state index is 0.279. The van der Waals surface area contributed by atoms with Crippen LogP contribution in [0.5, 0.6) is 11.5 Å². The molecule has 1 heterocycles. The van der Waals surface area contributed by atoms with E-state index in [0.717, 1.165) is 17.7 Å². The van der Waals surface area contributed by atoms with E-state index in [0.29, 0.717) is 23.8 Å².